The Labute approximate surface area is 205 Å². The van der Waals surface area contributed by atoms with Gasteiger partial charge in [0.25, 0.3) is 5.91 Å². The number of furan rings is 1. The average molecular weight is 469 g/mol. The van der Waals surface area contributed by atoms with Gasteiger partial charge >= 0.3 is 0 Å². The van der Waals surface area contributed by atoms with E-state index < -0.39 is 0 Å². The Hall–Kier alpha value is -3.21. The molecule has 4 aromatic rings. The normalized spacial score (nSPS) is 23.6. The molecule has 1 aliphatic heterocycles. The van der Waals surface area contributed by atoms with Crippen molar-refractivity contribution in [3.8, 4) is 17.2 Å². The van der Waals surface area contributed by atoms with Gasteiger partial charge in [-0.05, 0) is 74.6 Å². The number of ether oxygens (including phenoxy) is 1. The van der Waals surface area contributed by atoms with Gasteiger partial charge in [0.2, 0.25) is 0 Å². The second kappa shape index (κ2) is 7.64. The van der Waals surface area contributed by atoms with Crippen LogP contribution in [0.4, 0.5) is 0 Å². The summed E-state index contributed by atoms with van der Waals surface area (Å²) >= 11 is 0. The second-order valence-electron chi connectivity index (χ2n) is 11.0. The van der Waals surface area contributed by atoms with Crippen molar-refractivity contribution in [3.63, 3.8) is 0 Å². The Morgan fingerprint density at radius 2 is 1.94 bits per heavy atom. The number of hydrogen-bond donors (Lipinski definition) is 0. The smallest absolute Gasteiger partial charge is 0.254 e. The number of rotatable bonds is 5. The van der Waals surface area contributed by atoms with E-state index >= 15 is 0 Å². The molecule has 5 heteroatoms. The molecule has 3 aliphatic rings. The highest BCUT2D eigenvalue weighted by molar-refractivity contribution is 6.02. The second-order valence-corrected chi connectivity index (χ2v) is 11.0. The lowest BCUT2D eigenvalue weighted by Crippen LogP contribution is -2.38. The topological polar surface area (TPSA) is 47.6 Å². The minimum atomic E-state index is 0.0997. The molecule has 0 spiro atoms. The Bertz CT molecular complexity index is 1470. The molecule has 2 bridgehead atoms. The predicted octanol–water partition coefficient (Wildman–Crippen LogP) is 6.65. The first-order chi connectivity index (χ1) is 17.0. The van der Waals surface area contributed by atoms with Crippen LogP contribution in [0.1, 0.15) is 48.5 Å². The summed E-state index contributed by atoms with van der Waals surface area (Å²) in [4.78, 5) is 15.7. The van der Waals surface area contributed by atoms with Crippen molar-refractivity contribution in [2.75, 3.05) is 13.7 Å². The van der Waals surface area contributed by atoms with Gasteiger partial charge in [-0.2, -0.15) is 0 Å². The molecule has 3 heterocycles. The summed E-state index contributed by atoms with van der Waals surface area (Å²) in [5.41, 5.74) is 4.79. The Balaban J connectivity index is 1.35. The van der Waals surface area contributed by atoms with Crippen LogP contribution in [0.5, 0.6) is 5.75 Å². The van der Waals surface area contributed by atoms with E-state index in [1.165, 1.54) is 30.2 Å². The molecule has 2 aromatic heterocycles. The molecule has 2 saturated carbocycles. The van der Waals surface area contributed by atoms with Crippen LogP contribution in [0.2, 0.25) is 0 Å². The van der Waals surface area contributed by atoms with Gasteiger partial charge in [-0.1, -0.05) is 25.1 Å². The Kier molecular flexibility index (Phi) is 4.61. The van der Waals surface area contributed by atoms with Crippen LogP contribution in [0.25, 0.3) is 33.3 Å². The SMILES string of the molecule is COc1cc(C(=O)N2CC3CCC2[C@@H]3C)cc2oc(-c3cc4ccccc4n3CC3CC3)c(C)c12. The Morgan fingerprint density at radius 3 is 2.66 bits per heavy atom. The van der Waals surface area contributed by atoms with E-state index in [2.05, 4.69) is 53.6 Å². The van der Waals surface area contributed by atoms with Crippen LogP contribution >= 0.6 is 0 Å². The zero-order valence-electron chi connectivity index (χ0n) is 20.7. The molecule has 7 rings (SSSR count). The van der Waals surface area contributed by atoms with Crippen molar-refractivity contribution in [2.45, 2.75) is 52.1 Å². The first-order valence-electron chi connectivity index (χ1n) is 13.0. The lowest BCUT2D eigenvalue weighted by molar-refractivity contribution is 0.0695. The molecule has 3 atom stereocenters. The van der Waals surface area contributed by atoms with Crippen LogP contribution in [0, 0.1) is 24.7 Å². The van der Waals surface area contributed by atoms with E-state index in [9.17, 15) is 4.79 Å². The predicted molar refractivity (Wildman–Crippen MR) is 138 cm³/mol. The minimum absolute atomic E-state index is 0.0997. The molecule has 180 valence electrons. The summed E-state index contributed by atoms with van der Waals surface area (Å²) in [6.07, 6.45) is 4.95. The summed E-state index contributed by atoms with van der Waals surface area (Å²) < 4.78 is 14.8. The molecule has 1 amide bonds. The van der Waals surface area contributed by atoms with Crippen LogP contribution in [-0.2, 0) is 6.54 Å². The number of piperidine rings is 1. The van der Waals surface area contributed by atoms with E-state index in [1.807, 2.05) is 12.1 Å². The van der Waals surface area contributed by atoms with Crippen LogP contribution in [0.15, 0.2) is 46.9 Å². The van der Waals surface area contributed by atoms with E-state index in [0.717, 1.165) is 53.4 Å². The van der Waals surface area contributed by atoms with Crippen molar-refractivity contribution in [1.82, 2.24) is 9.47 Å². The van der Waals surface area contributed by atoms with Crippen molar-refractivity contribution in [2.24, 2.45) is 17.8 Å². The van der Waals surface area contributed by atoms with Crippen LogP contribution in [-0.4, -0.2) is 35.1 Å². The van der Waals surface area contributed by atoms with E-state index in [-0.39, 0.29) is 5.91 Å². The minimum Gasteiger partial charge on any atom is -0.496 e. The van der Waals surface area contributed by atoms with Gasteiger partial charge in [0, 0.05) is 41.2 Å². The van der Waals surface area contributed by atoms with Crippen LogP contribution < -0.4 is 4.74 Å². The highest BCUT2D eigenvalue weighted by Gasteiger charge is 2.46. The number of carbonyl (C=O) groups excluding carboxylic acids is 1. The maximum atomic E-state index is 13.6. The van der Waals surface area contributed by atoms with Gasteiger partial charge in [0.15, 0.2) is 5.76 Å². The first kappa shape index (κ1) is 21.1. The molecule has 1 saturated heterocycles. The third-order valence-corrected chi connectivity index (χ3v) is 8.92. The molecular weight excluding hydrogens is 436 g/mol. The number of fused-ring (bicyclic) bond motifs is 4. The van der Waals surface area contributed by atoms with Crippen molar-refractivity contribution >= 4 is 27.8 Å². The number of nitrogens with zero attached hydrogens (tertiary/aromatic N) is 2. The van der Waals surface area contributed by atoms with Crippen molar-refractivity contribution in [3.05, 3.63) is 53.6 Å². The van der Waals surface area contributed by atoms with Crippen molar-refractivity contribution < 1.29 is 13.9 Å². The molecule has 3 fully saturated rings. The number of para-hydroxylation sites is 1. The summed E-state index contributed by atoms with van der Waals surface area (Å²) in [6.45, 7) is 6.28. The van der Waals surface area contributed by atoms with Crippen molar-refractivity contribution in [1.29, 1.82) is 0 Å². The summed E-state index contributed by atoms with van der Waals surface area (Å²) in [5, 5.41) is 2.18. The molecule has 0 N–H and O–H groups in total. The van der Waals surface area contributed by atoms with Gasteiger partial charge < -0.3 is 18.6 Å². The van der Waals surface area contributed by atoms with Gasteiger partial charge in [0.1, 0.15) is 11.3 Å². The van der Waals surface area contributed by atoms with E-state index in [4.69, 9.17) is 9.15 Å². The lowest BCUT2D eigenvalue weighted by Gasteiger charge is -2.27. The zero-order chi connectivity index (χ0) is 23.8. The zero-order valence-corrected chi connectivity index (χ0v) is 20.7. The monoisotopic (exact) mass is 468 g/mol. The fourth-order valence-electron chi connectivity index (χ4n) is 6.73. The third-order valence-electron chi connectivity index (χ3n) is 8.92. The first-order valence-corrected chi connectivity index (χ1v) is 13.0. The van der Waals surface area contributed by atoms with Crippen LogP contribution in [0.3, 0.4) is 0 Å². The summed E-state index contributed by atoms with van der Waals surface area (Å²) in [5.74, 6) is 3.65. The highest BCUT2D eigenvalue weighted by Crippen LogP contribution is 2.45. The Morgan fingerprint density at radius 1 is 1.11 bits per heavy atom. The maximum absolute atomic E-state index is 13.6. The summed E-state index contributed by atoms with van der Waals surface area (Å²) in [7, 11) is 1.68. The maximum Gasteiger partial charge on any atom is 0.254 e. The highest BCUT2D eigenvalue weighted by atomic mass is 16.5. The fraction of sp³-hybridized carbons (Fsp3) is 0.433. The third kappa shape index (κ3) is 3.17. The van der Waals surface area contributed by atoms with Gasteiger partial charge in [-0.25, -0.2) is 0 Å². The van der Waals surface area contributed by atoms with E-state index in [0.29, 0.717) is 29.2 Å². The molecule has 2 aromatic carbocycles. The number of hydrogen-bond acceptors (Lipinski definition) is 3. The van der Waals surface area contributed by atoms with Gasteiger partial charge in [-0.3, -0.25) is 4.79 Å². The van der Waals surface area contributed by atoms with Gasteiger partial charge in [-0.15, -0.1) is 0 Å². The lowest BCUT2D eigenvalue weighted by atomic mass is 10.0. The molecule has 35 heavy (non-hydrogen) atoms. The number of likely N-dealkylation sites (tertiary alicyclic amines) is 1. The van der Waals surface area contributed by atoms with Gasteiger partial charge in [0.05, 0.1) is 18.2 Å². The molecule has 5 nitrogen and oxygen atoms in total. The summed E-state index contributed by atoms with van der Waals surface area (Å²) in [6, 6.07) is 15.0. The molecule has 2 aliphatic carbocycles. The fourth-order valence-corrected chi connectivity index (χ4v) is 6.73. The largest absolute Gasteiger partial charge is 0.496 e. The molecular formula is C30H32N2O3. The average Bonchev–Trinajstić information content (AvgIpc) is 3.27. The van der Waals surface area contributed by atoms with E-state index in [1.54, 1.807) is 7.11 Å². The molecule has 0 radical (unpaired) electrons. The number of amides is 1. The number of aromatic nitrogens is 1. The number of methoxy groups -OCH3 is 1. The number of benzene rings is 2. The number of carbonyl (C=O) groups is 1. The standard InChI is InChI=1S/C30H32N2O3/c1-17-21-10-11-23(17)32(16-21)30(33)22-13-26(34-3)28-18(2)29(35-27(28)14-22)25-12-20-6-4-5-7-24(20)31(25)15-19-8-9-19/h4-7,12-14,17,19,21,23H,8-11,15-16H2,1-3H3/t17-,21?,23?/m1/s1. The molecule has 2 unspecified atom stereocenters. The quantitative estimate of drug-likeness (QED) is 0.329. The number of aryl methyl sites for hydroxylation is 1.